The summed E-state index contributed by atoms with van der Waals surface area (Å²) in [4.78, 5) is 20.6. The van der Waals surface area contributed by atoms with E-state index in [0.29, 0.717) is 11.4 Å². The van der Waals surface area contributed by atoms with Crippen LogP contribution >= 0.6 is 11.5 Å². The van der Waals surface area contributed by atoms with Crippen LogP contribution in [0.4, 0.5) is 5.82 Å². The fourth-order valence-corrected chi connectivity index (χ4v) is 2.40. The van der Waals surface area contributed by atoms with Gasteiger partial charge in [-0.15, -0.1) is 0 Å². The Hall–Kier alpha value is -2.34. The summed E-state index contributed by atoms with van der Waals surface area (Å²) in [6.07, 6.45) is 1.55. The highest BCUT2D eigenvalue weighted by atomic mass is 32.1. The molecule has 0 aliphatic carbocycles. The molecule has 0 spiro atoms. The van der Waals surface area contributed by atoms with E-state index in [-0.39, 0.29) is 5.91 Å². The minimum atomic E-state index is -0.212. The second-order valence-corrected chi connectivity index (χ2v) is 4.64. The standard InChI is InChI=1S/C13H10N4OS/c1-8-9(7-19-17-8)13(18)16-12-6-14-10-4-2-3-5-11(10)15-12/h2-7H,1H3,(H,15,16,18). The number of rotatable bonds is 2. The highest BCUT2D eigenvalue weighted by Crippen LogP contribution is 2.14. The van der Waals surface area contributed by atoms with E-state index in [9.17, 15) is 4.79 Å². The lowest BCUT2D eigenvalue weighted by molar-refractivity contribution is 0.102. The molecule has 1 amide bonds. The van der Waals surface area contributed by atoms with Gasteiger partial charge in [0.2, 0.25) is 0 Å². The monoisotopic (exact) mass is 270 g/mol. The summed E-state index contributed by atoms with van der Waals surface area (Å²) in [5, 5.41) is 4.45. The third kappa shape index (κ3) is 2.30. The van der Waals surface area contributed by atoms with Crippen LogP contribution in [0.1, 0.15) is 16.1 Å². The van der Waals surface area contributed by atoms with Crippen molar-refractivity contribution in [3.63, 3.8) is 0 Å². The molecule has 0 aliphatic rings. The van der Waals surface area contributed by atoms with Gasteiger partial charge in [0.05, 0.1) is 28.5 Å². The van der Waals surface area contributed by atoms with Crippen LogP contribution in [0, 0.1) is 6.92 Å². The highest BCUT2D eigenvalue weighted by Gasteiger charge is 2.12. The van der Waals surface area contributed by atoms with E-state index in [1.165, 1.54) is 11.5 Å². The Morgan fingerprint density at radius 3 is 2.79 bits per heavy atom. The highest BCUT2D eigenvalue weighted by molar-refractivity contribution is 7.04. The van der Waals surface area contributed by atoms with E-state index in [1.54, 1.807) is 18.5 Å². The second-order valence-electron chi connectivity index (χ2n) is 4.01. The van der Waals surface area contributed by atoms with Crippen molar-refractivity contribution in [1.82, 2.24) is 14.3 Å². The van der Waals surface area contributed by atoms with Gasteiger partial charge < -0.3 is 5.32 Å². The summed E-state index contributed by atoms with van der Waals surface area (Å²) < 4.78 is 4.07. The number of para-hydroxylation sites is 2. The molecular formula is C13H10N4OS. The number of nitrogens with zero attached hydrogens (tertiary/aromatic N) is 3. The largest absolute Gasteiger partial charge is 0.305 e. The zero-order valence-electron chi connectivity index (χ0n) is 10.1. The topological polar surface area (TPSA) is 67.8 Å². The van der Waals surface area contributed by atoms with Crippen molar-refractivity contribution < 1.29 is 4.79 Å². The molecule has 0 radical (unpaired) electrons. The van der Waals surface area contributed by atoms with E-state index in [1.807, 2.05) is 24.3 Å². The summed E-state index contributed by atoms with van der Waals surface area (Å²) in [5.41, 5.74) is 2.84. The summed E-state index contributed by atoms with van der Waals surface area (Å²) in [6, 6.07) is 7.52. The molecule has 3 aromatic rings. The molecule has 0 fully saturated rings. The molecule has 94 valence electrons. The van der Waals surface area contributed by atoms with E-state index < -0.39 is 0 Å². The number of aryl methyl sites for hydroxylation is 1. The van der Waals surface area contributed by atoms with Gasteiger partial charge in [0.25, 0.3) is 5.91 Å². The molecule has 0 aliphatic heterocycles. The Bertz CT molecular complexity index is 753. The molecule has 0 saturated carbocycles. The van der Waals surface area contributed by atoms with Crippen molar-refractivity contribution in [2.75, 3.05) is 5.32 Å². The van der Waals surface area contributed by atoms with Crippen molar-refractivity contribution in [3.8, 4) is 0 Å². The van der Waals surface area contributed by atoms with Crippen molar-refractivity contribution in [2.24, 2.45) is 0 Å². The van der Waals surface area contributed by atoms with Crippen molar-refractivity contribution >= 4 is 34.3 Å². The first kappa shape index (κ1) is 11.7. The number of anilines is 1. The molecule has 0 atom stereocenters. The van der Waals surface area contributed by atoms with E-state index in [0.717, 1.165) is 16.7 Å². The Kier molecular flexibility index (Phi) is 2.92. The SMILES string of the molecule is Cc1nscc1C(=O)Nc1cnc2ccccc2n1. The van der Waals surface area contributed by atoms with Crippen molar-refractivity contribution in [1.29, 1.82) is 0 Å². The number of fused-ring (bicyclic) bond motifs is 1. The minimum absolute atomic E-state index is 0.212. The van der Waals surface area contributed by atoms with Gasteiger partial charge in [0.1, 0.15) is 0 Å². The first-order valence-corrected chi connectivity index (χ1v) is 6.52. The predicted molar refractivity (Wildman–Crippen MR) is 74.3 cm³/mol. The molecule has 2 heterocycles. The van der Waals surface area contributed by atoms with Gasteiger partial charge in [-0.25, -0.2) is 4.98 Å². The van der Waals surface area contributed by atoms with Crippen LogP contribution < -0.4 is 5.32 Å². The maximum absolute atomic E-state index is 12.0. The first-order chi connectivity index (χ1) is 9.24. The normalized spacial score (nSPS) is 10.6. The van der Waals surface area contributed by atoms with Crippen LogP contribution in [0.25, 0.3) is 11.0 Å². The lowest BCUT2D eigenvalue weighted by atomic mass is 10.2. The summed E-state index contributed by atoms with van der Waals surface area (Å²) in [5.74, 6) is 0.227. The lowest BCUT2D eigenvalue weighted by Crippen LogP contribution is -2.13. The van der Waals surface area contributed by atoms with E-state index >= 15 is 0 Å². The molecular weight excluding hydrogens is 260 g/mol. The van der Waals surface area contributed by atoms with Gasteiger partial charge in [-0.05, 0) is 30.6 Å². The summed E-state index contributed by atoms with van der Waals surface area (Å²) in [6.45, 7) is 1.80. The Labute approximate surface area is 113 Å². The van der Waals surface area contributed by atoms with Crippen LogP contribution in [0.5, 0.6) is 0 Å². The number of nitrogens with one attached hydrogen (secondary N) is 1. The van der Waals surface area contributed by atoms with Gasteiger partial charge in [-0.1, -0.05) is 12.1 Å². The van der Waals surface area contributed by atoms with Gasteiger partial charge in [-0.2, -0.15) is 4.37 Å². The van der Waals surface area contributed by atoms with Crippen LogP contribution in [0.2, 0.25) is 0 Å². The predicted octanol–water partition coefficient (Wildman–Crippen LogP) is 2.65. The number of hydrogen-bond donors (Lipinski definition) is 1. The van der Waals surface area contributed by atoms with Crippen LogP contribution in [-0.4, -0.2) is 20.2 Å². The number of benzene rings is 1. The zero-order chi connectivity index (χ0) is 13.2. The van der Waals surface area contributed by atoms with Gasteiger partial charge in [-0.3, -0.25) is 9.78 Å². The number of amides is 1. The zero-order valence-corrected chi connectivity index (χ0v) is 10.9. The maximum Gasteiger partial charge on any atom is 0.259 e. The number of aromatic nitrogens is 3. The first-order valence-electron chi connectivity index (χ1n) is 5.68. The molecule has 3 rings (SSSR count). The molecule has 0 bridgehead atoms. The van der Waals surface area contributed by atoms with E-state index in [2.05, 4.69) is 19.7 Å². The molecule has 1 N–H and O–H groups in total. The fraction of sp³-hybridized carbons (Fsp3) is 0.0769. The summed E-state index contributed by atoms with van der Waals surface area (Å²) >= 11 is 1.26. The van der Waals surface area contributed by atoms with Gasteiger partial charge in [0.15, 0.2) is 5.82 Å². The van der Waals surface area contributed by atoms with Gasteiger partial charge >= 0.3 is 0 Å². The van der Waals surface area contributed by atoms with Crippen LogP contribution in [0.15, 0.2) is 35.8 Å². The second kappa shape index (κ2) is 4.74. The number of hydrogen-bond acceptors (Lipinski definition) is 5. The molecule has 19 heavy (non-hydrogen) atoms. The quantitative estimate of drug-likeness (QED) is 0.777. The molecule has 5 nitrogen and oxygen atoms in total. The third-order valence-corrected chi connectivity index (χ3v) is 3.41. The summed E-state index contributed by atoms with van der Waals surface area (Å²) in [7, 11) is 0. The average Bonchev–Trinajstić information content (AvgIpc) is 2.85. The fourth-order valence-electron chi connectivity index (χ4n) is 1.71. The van der Waals surface area contributed by atoms with Crippen LogP contribution in [-0.2, 0) is 0 Å². The van der Waals surface area contributed by atoms with Crippen molar-refractivity contribution in [3.05, 3.63) is 47.1 Å². The van der Waals surface area contributed by atoms with Gasteiger partial charge in [0, 0.05) is 5.38 Å². The Balaban J connectivity index is 1.89. The smallest absolute Gasteiger partial charge is 0.259 e. The molecule has 0 unspecified atom stereocenters. The number of carbonyl (C=O) groups excluding carboxylic acids is 1. The molecule has 6 heteroatoms. The molecule has 2 aromatic heterocycles. The number of carbonyl (C=O) groups is 1. The third-order valence-electron chi connectivity index (χ3n) is 2.68. The Morgan fingerprint density at radius 2 is 2.05 bits per heavy atom. The van der Waals surface area contributed by atoms with Crippen molar-refractivity contribution in [2.45, 2.75) is 6.92 Å². The lowest BCUT2D eigenvalue weighted by Gasteiger charge is -2.04. The average molecular weight is 270 g/mol. The maximum atomic E-state index is 12.0. The van der Waals surface area contributed by atoms with E-state index in [4.69, 9.17) is 0 Å². The Morgan fingerprint density at radius 1 is 1.26 bits per heavy atom. The minimum Gasteiger partial charge on any atom is -0.305 e. The molecule has 0 saturated heterocycles. The van der Waals surface area contributed by atoms with Crippen LogP contribution in [0.3, 0.4) is 0 Å². The molecule has 1 aromatic carbocycles.